The van der Waals surface area contributed by atoms with Crippen LogP contribution in [0.5, 0.6) is 0 Å². The smallest absolute Gasteiger partial charge is 0.320 e. The second kappa shape index (κ2) is 7.64. The van der Waals surface area contributed by atoms with E-state index in [1.807, 2.05) is 19.1 Å². The first-order valence-electron chi connectivity index (χ1n) is 7.16. The Labute approximate surface area is 125 Å². The van der Waals surface area contributed by atoms with E-state index >= 15 is 0 Å². The summed E-state index contributed by atoms with van der Waals surface area (Å²) in [5.41, 5.74) is 1.05. The number of anilines is 2. The number of pyridine rings is 1. The zero-order chi connectivity index (χ0) is 15.1. The minimum atomic E-state index is -0.254. The van der Waals surface area contributed by atoms with Crippen LogP contribution in [0.25, 0.3) is 0 Å². The summed E-state index contributed by atoms with van der Waals surface area (Å²) in [6, 6.07) is 3.56. The quantitative estimate of drug-likeness (QED) is 0.814. The first kappa shape index (κ1) is 15.3. The molecule has 0 aromatic carbocycles. The van der Waals surface area contributed by atoms with Gasteiger partial charge < -0.3 is 15.0 Å². The van der Waals surface area contributed by atoms with Gasteiger partial charge in [0.15, 0.2) is 0 Å². The van der Waals surface area contributed by atoms with E-state index in [1.54, 1.807) is 12.3 Å². The zero-order valence-electron chi connectivity index (χ0n) is 12.3. The lowest BCUT2D eigenvalue weighted by molar-refractivity contribution is 0.122. The second-order valence-corrected chi connectivity index (χ2v) is 5.02. The number of carbonyl (C=O) groups is 1. The fourth-order valence-electron chi connectivity index (χ4n) is 2.15. The van der Waals surface area contributed by atoms with Crippen LogP contribution in [0.3, 0.4) is 0 Å². The maximum atomic E-state index is 11.8. The molecule has 2 amide bonds. The van der Waals surface area contributed by atoms with Crippen LogP contribution >= 0.6 is 0 Å². The third kappa shape index (κ3) is 4.75. The molecule has 0 radical (unpaired) electrons. The van der Waals surface area contributed by atoms with Gasteiger partial charge in [-0.3, -0.25) is 5.32 Å². The highest BCUT2D eigenvalue weighted by Gasteiger charge is 2.12. The van der Waals surface area contributed by atoms with Gasteiger partial charge in [-0.2, -0.15) is 0 Å². The maximum absolute atomic E-state index is 11.8. The normalized spacial score (nSPS) is 16.1. The topological polar surface area (TPSA) is 66.5 Å². The van der Waals surface area contributed by atoms with E-state index < -0.39 is 0 Å². The van der Waals surface area contributed by atoms with Crippen molar-refractivity contribution in [1.82, 2.24) is 10.3 Å². The van der Waals surface area contributed by atoms with Gasteiger partial charge in [0.2, 0.25) is 0 Å². The molecule has 1 aliphatic rings. The highest BCUT2D eigenvalue weighted by Crippen LogP contribution is 2.16. The average molecular weight is 290 g/mol. The van der Waals surface area contributed by atoms with Crippen LogP contribution in [0.15, 0.2) is 31.0 Å². The molecule has 2 heterocycles. The predicted molar refractivity (Wildman–Crippen MR) is 83.7 cm³/mol. The van der Waals surface area contributed by atoms with Crippen LogP contribution in [0.4, 0.5) is 16.3 Å². The highest BCUT2D eigenvalue weighted by atomic mass is 16.5. The van der Waals surface area contributed by atoms with Crippen molar-refractivity contribution in [3.05, 3.63) is 31.0 Å². The number of ether oxygens (including phenoxy) is 1. The van der Waals surface area contributed by atoms with Crippen molar-refractivity contribution in [1.29, 1.82) is 0 Å². The SMILES string of the molecule is C=CC[C@@H](C)NC(=O)Nc1ccc(N2CCOCC2)cn1. The first-order valence-corrected chi connectivity index (χ1v) is 7.16. The molecule has 0 spiro atoms. The van der Waals surface area contributed by atoms with Gasteiger partial charge in [-0.15, -0.1) is 6.58 Å². The molecule has 1 atom stereocenters. The van der Waals surface area contributed by atoms with Gasteiger partial charge in [-0.25, -0.2) is 9.78 Å². The standard InChI is InChI=1S/C15H22N4O2/c1-3-4-12(2)17-15(20)18-14-6-5-13(11-16-14)19-7-9-21-10-8-19/h3,5-6,11-12H,1,4,7-10H2,2H3,(H2,16,17,18,20)/t12-/m1/s1. The van der Waals surface area contributed by atoms with E-state index in [4.69, 9.17) is 4.74 Å². The number of aromatic nitrogens is 1. The summed E-state index contributed by atoms with van der Waals surface area (Å²) < 4.78 is 5.32. The minimum Gasteiger partial charge on any atom is -0.378 e. The molecular formula is C15H22N4O2. The lowest BCUT2D eigenvalue weighted by Gasteiger charge is -2.28. The van der Waals surface area contributed by atoms with Gasteiger partial charge in [-0.05, 0) is 25.5 Å². The van der Waals surface area contributed by atoms with Gasteiger partial charge in [0.1, 0.15) is 5.82 Å². The number of nitrogens with zero attached hydrogens (tertiary/aromatic N) is 2. The molecule has 6 heteroatoms. The molecule has 1 aliphatic heterocycles. The third-order valence-electron chi connectivity index (χ3n) is 3.26. The van der Waals surface area contributed by atoms with E-state index in [2.05, 4.69) is 27.1 Å². The lowest BCUT2D eigenvalue weighted by atomic mass is 10.2. The molecule has 0 aliphatic carbocycles. The lowest BCUT2D eigenvalue weighted by Crippen LogP contribution is -2.36. The summed E-state index contributed by atoms with van der Waals surface area (Å²) in [5.74, 6) is 0.537. The number of hydrogen-bond donors (Lipinski definition) is 2. The summed E-state index contributed by atoms with van der Waals surface area (Å²) in [7, 11) is 0. The van der Waals surface area contributed by atoms with E-state index in [0.717, 1.165) is 38.4 Å². The van der Waals surface area contributed by atoms with Gasteiger partial charge in [-0.1, -0.05) is 6.08 Å². The summed E-state index contributed by atoms with van der Waals surface area (Å²) >= 11 is 0. The third-order valence-corrected chi connectivity index (χ3v) is 3.26. The van der Waals surface area contributed by atoms with Crippen LogP contribution in [0.1, 0.15) is 13.3 Å². The van der Waals surface area contributed by atoms with E-state index in [-0.39, 0.29) is 12.1 Å². The van der Waals surface area contributed by atoms with Crippen molar-refractivity contribution in [2.24, 2.45) is 0 Å². The Morgan fingerprint density at radius 3 is 2.90 bits per heavy atom. The summed E-state index contributed by atoms with van der Waals surface area (Å²) in [6.45, 7) is 8.79. The van der Waals surface area contributed by atoms with Gasteiger partial charge in [0.05, 0.1) is 25.1 Å². The molecule has 114 valence electrons. The second-order valence-electron chi connectivity index (χ2n) is 5.02. The van der Waals surface area contributed by atoms with E-state index in [1.165, 1.54) is 0 Å². The van der Waals surface area contributed by atoms with Crippen LogP contribution in [-0.2, 0) is 4.74 Å². The molecule has 6 nitrogen and oxygen atoms in total. The van der Waals surface area contributed by atoms with Crippen molar-refractivity contribution in [3.8, 4) is 0 Å². The first-order chi connectivity index (χ1) is 10.2. The molecular weight excluding hydrogens is 268 g/mol. The molecule has 1 aromatic rings. The largest absolute Gasteiger partial charge is 0.378 e. The van der Waals surface area contributed by atoms with Gasteiger partial charge in [0.25, 0.3) is 0 Å². The van der Waals surface area contributed by atoms with Crippen molar-refractivity contribution in [2.45, 2.75) is 19.4 Å². The molecule has 0 unspecified atom stereocenters. The van der Waals surface area contributed by atoms with Crippen LogP contribution < -0.4 is 15.5 Å². The Bertz CT molecular complexity index is 469. The van der Waals surface area contributed by atoms with Gasteiger partial charge in [0, 0.05) is 19.1 Å². The maximum Gasteiger partial charge on any atom is 0.320 e. The molecule has 1 saturated heterocycles. The Morgan fingerprint density at radius 2 is 2.29 bits per heavy atom. The van der Waals surface area contributed by atoms with Crippen molar-refractivity contribution < 1.29 is 9.53 Å². The Morgan fingerprint density at radius 1 is 1.52 bits per heavy atom. The fourth-order valence-corrected chi connectivity index (χ4v) is 2.15. The molecule has 1 aromatic heterocycles. The molecule has 0 bridgehead atoms. The summed E-state index contributed by atoms with van der Waals surface area (Å²) in [5, 5.41) is 5.54. The minimum absolute atomic E-state index is 0.0510. The number of hydrogen-bond acceptors (Lipinski definition) is 4. The molecule has 21 heavy (non-hydrogen) atoms. The number of morpholine rings is 1. The molecule has 1 fully saturated rings. The number of amides is 2. The summed E-state index contributed by atoms with van der Waals surface area (Å²) in [6.07, 6.45) is 4.28. The van der Waals surface area contributed by atoms with Crippen LogP contribution in [0.2, 0.25) is 0 Å². The van der Waals surface area contributed by atoms with Crippen molar-refractivity contribution >= 4 is 17.5 Å². The van der Waals surface area contributed by atoms with Crippen molar-refractivity contribution in [3.63, 3.8) is 0 Å². The zero-order valence-corrected chi connectivity index (χ0v) is 12.3. The summed E-state index contributed by atoms with van der Waals surface area (Å²) in [4.78, 5) is 18.2. The monoisotopic (exact) mass is 290 g/mol. The number of carbonyl (C=O) groups excluding carboxylic acids is 1. The van der Waals surface area contributed by atoms with Crippen LogP contribution in [0, 0.1) is 0 Å². The number of rotatable bonds is 5. The van der Waals surface area contributed by atoms with E-state index in [9.17, 15) is 4.79 Å². The fraction of sp³-hybridized carbons (Fsp3) is 0.467. The highest BCUT2D eigenvalue weighted by molar-refractivity contribution is 5.88. The van der Waals surface area contributed by atoms with Gasteiger partial charge >= 0.3 is 6.03 Å². The average Bonchev–Trinajstić information content (AvgIpc) is 2.49. The number of nitrogens with one attached hydrogen (secondary N) is 2. The molecule has 2 N–H and O–H groups in total. The Kier molecular flexibility index (Phi) is 5.57. The Hall–Kier alpha value is -2.08. The predicted octanol–water partition coefficient (Wildman–Crippen LogP) is 2.00. The van der Waals surface area contributed by atoms with E-state index in [0.29, 0.717) is 5.82 Å². The molecule has 0 saturated carbocycles. The number of urea groups is 1. The Balaban J connectivity index is 1.86. The molecule has 2 rings (SSSR count). The van der Waals surface area contributed by atoms with Crippen LogP contribution in [-0.4, -0.2) is 43.4 Å². The van der Waals surface area contributed by atoms with Crippen molar-refractivity contribution in [2.75, 3.05) is 36.5 Å².